The number of hydrogen-bond acceptors (Lipinski definition) is 9. The highest BCUT2D eigenvalue weighted by Gasteiger charge is 2.49. The van der Waals surface area contributed by atoms with Crippen LogP contribution in [0.2, 0.25) is 0 Å². The van der Waals surface area contributed by atoms with Gasteiger partial charge in [0.15, 0.2) is 12.2 Å². The van der Waals surface area contributed by atoms with Crippen molar-refractivity contribution in [2.75, 3.05) is 0 Å². The first-order chi connectivity index (χ1) is 19.2. The number of fused-ring (bicyclic) bond motifs is 2. The van der Waals surface area contributed by atoms with Crippen LogP contribution < -0.4 is 9.47 Å². The normalized spacial score (nSPS) is 16.9. The summed E-state index contributed by atoms with van der Waals surface area (Å²) >= 11 is 0. The molecule has 0 N–H and O–H groups in total. The quantitative estimate of drug-likeness (QED) is 0.214. The fourth-order valence-corrected chi connectivity index (χ4v) is 3.35. The fraction of sp³-hybridized carbons (Fsp3) is 0.308. The molecule has 0 aromatic heterocycles. The third-order valence-corrected chi connectivity index (χ3v) is 5.27. The number of carbonyl (C=O) groups is 4. The molecule has 0 bridgehead atoms. The van der Waals surface area contributed by atoms with Gasteiger partial charge >= 0.3 is 24.3 Å². The second-order valence-corrected chi connectivity index (χ2v) is 8.19. The Morgan fingerprint density at radius 3 is 1.41 bits per heavy atom. The Morgan fingerprint density at radius 1 is 0.756 bits per heavy atom. The van der Waals surface area contributed by atoms with Crippen molar-refractivity contribution in [2.24, 2.45) is 0 Å². The van der Waals surface area contributed by atoms with Gasteiger partial charge in [0.25, 0.3) is 0 Å². The molecule has 15 heteroatoms. The number of halogens is 6. The van der Waals surface area contributed by atoms with Gasteiger partial charge in [0.2, 0.25) is 0 Å². The summed E-state index contributed by atoms with van der Waals surface area (Å²) in [6.07, 6.45) is -7.30. The van der Waals surface area contributed by atoms with Gasteiger partial charge in [-0.2, -0.15) is 36.9 Å². The molecule has 0 aliphatic carbocycles. The number of rotatable bonds is 2. The largest absolute Gasteiger partial charge is 0.491 e. The lowest BCUT2D eigenvalue weighted by Crippen LogP contribution is -2.34. The zero-order valence-corrected chi connectivity index (χ0v) is 20.6. The Bertz CT molecular complexity index is 1270. The molecule has 0 saturated heterocycles. The maximum atomic E-state index is 11.2. The SMILES string of the molecule is N#CC1CCc2cc(C=O)ccc2O1.N#CC1CCc2cc(C=O)ccc2O1.O=C(OC(=O)C(F)(F)F)C(F)(F)F. The highest BCUT2D eigenvalue weighted by Crippen LogP contribution is 2.29. The summed E-state index contributed by atoms with van der Waals surface area (Å²) in [4.78, 5) is 40.3. The van der Waals surface area contributed by atoms with Crippen LogP contribution in [-0.2, 0) is 27.2 Å². The smallest absolute Gasteiger partial charge is 0.475 e. The minimum Gasteiger partial charge on any atom is -0.475 e. The van der Waals surface area contributed by atoms with Crippen molar-refractivity contribution in [3.8, 4) is 23.6 Å². The van der Waals surface area contributed by atoms with Crippen LogP contribution in [0.25, 0.3) is 0 Å². The highest BCUT2D eigenvalue weighted by molar-refractivity contribution is 5.90. The van der Waals surface area contributed by atoms with E-state index in [0.717, 1.165) is 48.0 Å². The second-order valence-electron chi connectivity index (χ2n) is 8.19. The predicted molar refractivity (Wildman–Crippen MR) is 124 cm³/mol. The van der Waals surface area contributed by atoms with Crippen molar-refractivity contribution in [3.63, 3.8) is 0 Å². The summed E-state index contributed by atoms with van der Waals surface area (Å²) in [6, 6.07) is 14.7. The van der Waals surface area contributed by atoms with E-state index in [1.54, 1.807) is 24.3 Å². The molecule has 2 aromatic carbocycles. The van der Waals surface area contributed by atoms with E-state index >= 15 is 0 Å². The van der Waals surface area contributed by atoms with Crippen LogP contribution in [0.4, 0.5) is 26.3 Å². The van der Waals surface area contributed by atoms with Crippen LogP contribution >= 0.6 is 0 Å². The van der Waals surface area contributed by atoms with Crippen molar-refractivity contribution in [3.05, 3.63) is 58.7 Å². The summed E-state index contributed by atoms with van der Waals surface area (Å²) in [5.41, 5.74) is 3.34. The number of alkyl halides is 6. The lowest BCUT2D eigenvalue weighted by molar-refractivity contribution is -0.221. The van der Waals surface area contributed by atoms with Crippen LogP contribution in [0.3, 0.4) is 0 Å². The van der Waals surface area contributed by atoms with E-state index in [0.29, 0.717) is 24.0 Å². The number of nitrogens with zero attached hydrogens (tertiary/aromatic N) is 2. The van der Waals surface area contributed by atoms with Gasteiger partial charge < -0.3 is 14.2 Å². The van der Waals surface area contributed by atoms with Gasteiger partial charge in [-0.3, -0.25) is 9.59 Å². The van der Waals surface area contributed by atoms with E-state index < -0.39 is 24.3 Å². The molecular formula is C26H18F6N2O7. The van der Waals surface area contributed by atoms with Crippen molar-refractivity contribution >= 4 is 24.5 Å². The number of carbonyl (C=O) groups excluding carboxylic acids is 4. The summed E-state index contributed by atoms with van der Waals surface area (Å²) in [7, 11) is 0. The Balaban J connectivity index is 0.000000216. The topological polar surface area (TPSA) is 144 Å². The third-order valence-electron chi connectivity index (χ3n) is 5.27. The monoisotopic (exact) mass is 584 g/mol. The average molecular weight is 584 g/mol. The molecule has 2 atom stereocenters. The van der Waals surface area contributed by atoms with Gasteiger partial charge in [-0.05, 0) is 60.4 Å². The number of nitriles is 2. The standard InChI is InChI=1S/2C11H9NO2.C4F6O3/c2*12-6-10-3-2-9-5-8(7-13)1-4-11(9)14-10;5-3(6,7)1(11)13-2(12)4(8,9)10/h2*1,4-5,7,10H,2-3H2;. The first-order valence-corrected chi connectivity index (χ1v) is 11.4. The van der Waals surface area contributed by atoms with Crippen LogP contribution in [0.5, 0.6) is 11.5 Å². The van der Waals surface area contributed by atoms with E-state index in [1.165, 1.54) is 0 Å². The van der Waals surface area contributed by atoms with Gasteiger partial charge in [0, 0.05) is 24.0 Å². The van der Waals surface area contributed by atoms with Gasteiger partial charge in [-0.25, -0.2) is 9.59 Å². The summed E-state index contributed by atoms with van der Waals surface area (Å²) in [5, 5.41) is 17.4. The molecule has 4 rings (SSSR count). The van der Waals surface area contributed by atoms with Gasteiger partial charge in [0.05, 0.1) is 0 Å². The Morgan fingerprint density at radius 2 is 1.12 bits per heavy atom. The summed E-state index contributed by atoms with van der Waals surface area (Å²) in [6.45, 7) is 0. The average Bonchev–Trinajstić information content (AvgIpc) is 2.95. The van der Waals surface area contributed by atoms with E-state index in [4.69, 9.17) is 20.0 Å². The molecule has 0 radical (unpaired) electrons. The molecule has 0 spiro atoms. The predicted octanol–water partition coefficient (Wildman–Crippen LogP) is 4.61. The van der Waals surface area contributed by atoms with Crippen LogP contribution in [-0.4, -0.2) is 49.1 Å². The van der Waals surface area contributed by atoms with E-state index in [-0.39, 0.29) is 12.2 Å². The van der Waals surface area contributed by atoms with Crippen LogP contribution in [0.15, 0.2) is 36.4 Å². The Hall–Kier alpha value is -4.92. The molecule has 2 aliphatic heterocycles. The molecule has 2 unspecified atom stereocenters. The molecule has 0 fully saturated rings. The molecule has 2 aromatic rings. The molecule has 0 amide bonds. The molecule has 2 aliphatic rings. The fourth-order valence-electron chi connectivity index (χ4n) is 3.35. The lowest BCUT2D eigenvalue weighted by atomic mass is 10.0. The van der Waals surface area contributed by atoms with E-state index in [1.807, 2.05) is 12.1 Å². The number of benzene rings is 2. The minimum absolute atomic E-state index is 0.343. The van der Waals surface area contributed by atoms with Crippen molar-refractivity contribution in [1.29, 1.82) is 10.5 Å². The summed E-state index contributed by atoms with van der Waals surface area (Å²) in [5.74, 6) is -4.94. The van der Waals surface area contributed by atoms with Crippen molar-refractivity contribution in [1.82, 2.24) is 0 Å². The number of hydrogen-bond donors (Lipinski definition) is 0. The maximum Gasteiger partial charge on any atom is 0.491 e. The zero-order valence-electron chi connectivity index (χ0n) is 20.6. The number of aldehydes is 2. The molecule has 41 heavy (non-hydrogen) atoms. The third kappa shape index (κ3) is 9.65. The van der Waals surface area contributed by atoms with Crippen LogP contribution in [0.1, 0.15) is 44.7 Å². The van der Waals surface area contributed by atoms with E-state index in [2.05, 4.69) is 16.9 Å². The Kier molecular flexibility index (Phi) is 11.0. The molecular weight excluding hydrogens is 566 g/mol. The zero-order chi connectivity index (χ0) is 30.8. The molecule has 216 valence electrons. The van der Waals surface area contributed by atoms with Gasteiger partial charge in [-0.15, -0.1) is 0 Å². The second kappa shape index (κ2) is 13.9. The summed E-state index contributed by atoms with van der Waals surface area (Å²) < 4.78 is 80.5. The van der Waals surface area contributed by atoms with Crippen molar-refractivity contribution in [2.45, 2.75) is 50.2 Å². The first kappa shape index (κ1) is 32.3. The van der Waals surface area contributed by atoms with Crippen LogP contribution in [0, 0.1) is 22.7 Å². The highest BCUT2D eigenvalue weighted by atomic mass is 19.4. The minimum atomic E-state index is -5.62. The number of ether oxygens (including phenoxy) is 3. The lowest BCUT2D eigenvalue weighted by Gasteiger charge is -2.21. The maximum absolute atomic E-state index is 11.2. The van der Waals surface area contributed by atoms with Gasteiger partial charge in [-0.1, -0.05) is 0 Å². The van der Waals surface area contributed by atoms with E-state index in [9.17, 15) is 45.5 Å². The number of esters is 2. The first-order valence-electron chi connectivity index (χ1n) is 11.4. The Labute approximate surface area is 227 Å². The van der Waals surface area contributed by atoms with Gasteiger partial charge in [0.1, 0.15) is 36.2 Å². The molecule has 9 nitrogen and oxygen atoms in total. The van der Waals surface area contributed by atoms with Crippen molar-refractivity contribution < 1.29 is 59.7 Å². The molecule has 0 saturated carbocycles. The molecule has 2 heterocycles. The number of aryl methyl sites for hydroxylation is 2.